The first-order chi connectivity index (χ1) is 4.16. The number of nitrogens with two attached hydrogens (primary N) is 1. The van der Waals surface area contributed by atoms with Gasteiger partial charge in [0.1, 0.15) is 0 Å². The van der Waals surface area contributed by atoms with Gasteiger partial charge in [0.25, 0.3) is 0 Å². The average molecular weight is 125 g/mol. The van der Waals surface area contributed by atoms with E-state index in [4.69, 9.17) is 5.73 Å². The molecule has 0 saturated heterocycles. The van der Waals surface area contributed by atoms with E-state index in [1.54, 1.807) is 0 Å². The molecule has 1 heteroatoms. The predicted octanol–water partition coefficient (Wildman–Crippen LogP) is 1.86. The first-order valence-corrected chi connectivity index (χ1v) is 3.17. The monoisotopic (exact) mass is 125 g/mol. The molecule has 0 aliphatic rings. The Hall–Kier alpha value is -0.560. The molecule has 1 nitrogen and oxygen atoms in total. The van der Waals surface area contributed by atoms with Crippen LogP contribution >= 0.6 is 0 Å². The lowest BCUT2D eigenvalue weighted by atomic mass is 10.2. The van der Waals surface area contributed by atoms with Gasteiger partial charge in [-0.2, -0.15) is 0 Å². The molecule has 52 valence electrons. The third-order valence-corrected chi connectivity index (χ3v) is 1.12. The Morgan fingerprint density at radius 2 is 2.11 bits per heavy atom. The van der Waals surface area contributed by atoms with Crippen molar-refractivity contribution in [2.75, 3.05) is 6.54 Å². The van der Waals surface area contributed by atoms with Gasteiger partial charge < -0.3 is 5.73 Å². The molecule has 0 radical (unpaired) electrons. The molecule has 0 aromatic carbocycles. The second-order valence-corrected chi connectivity index (χ2v) is 2.42. The highest BCUT2D eigenvalue weighted by Crippen LogP contribution is 1.99. The van der Waals surface area contributed by atoms with Gasteiger partial charge in [0, 0.05) is 6.54 Å². The van der Waals surface area contributed by atoms with Crippen molar-refractivity contribution in [2.24, 2.45) is 5.73 Å². The summed E-state index contributed by atoms with van der Waals surface area (Å²) in [4.78, 5) is 0. The summed E-state index contributed by atoms with van der Waals surface area (Å²) >= 11 is 0. The van der Waals surface area contributed by atoms with E-state index in [-0.39, 0.29) is 0 Å². The fourth-order valence-corrected chi connectivity index (χ4v) is 0.432. The molecule has 9 heavy (non-hydrogen) atoms. The number of allylic oxidation sites excluding steroid dienone is 2. The van der Waals surface area contributed by atoms with E-state index in [9.17, 15) is 0 Å². The Morgan fingerprint density at radius 1 is 1.56 bits per heavy atom. The molecule has 0 aliphatic carbocycles. The Labute approximate surface area is 57.3 Å². The largest absolute Gasteiger partial charge is 0.327 e. The minimum absolute atomic E-state index is 0.660. The third kappa shape index (κ3) is 5.31. The lowest BCUT2D eigenvalue weighted by Gasteiger charge is -1.94. The van der Waals surface area contributed by atoms with Crippen LogP contribution in [0.25, 0.3) is 0 Å². The van der Waals surface area contributed by atoms with Gasteiger partial charge in [-0.25, -0.2) is 0 Å². The van der Waals surface area contributed by atoms with Gasteiger partial charge in [-0.3, -0.25) is 0 Å². The van der Waals surface area contributed by atoms with Crippen LogP contribution in [0, 0.1) is 0 Å². The summed E-state index contributed by atoms with van der Waals surface area (Å²) in [7, 11) is 0. The highest BCUT2D eigenvalue weighted by Gasteiger charge is 1.83. The molecule has 0 fully saturated rings. The number of hydrogen-bond donors (Lipinski definition) is 1. The molecule has 0 heterocycles. The summed E-state index contributed by atoms with van der Waals surface area (Å²) in [6.07, 6.45) is 3.07. The standard InChI is InChI=1S/C8H15N/c1-7(2)4-5-8(3)6-9/h5H,1,4,6,9H2,2-3H3/b8-5-. The Kier molecular flexibility index (Phi) is 4.06. The van der Waals surface area contributed by atoms with Crippen molar-refractivity contribution in [3.8, 4) is 0 Å². The van der Waals surface area contributed by atoms with Gasteiger partial charge in [0.05, 0.1) is 0 Å². The van der Waals surface area contributed by atoms with Gasteiger partial charge >= 0.3 is 0 Å². The molecule has 2 N–H and O–H groups in total. The van der Waals surface area contributed by atoms with Crippen LogP contribution < -0.4 is 5.73 Å². The van der Waals surface area contributed by atoms with Crippen LogP contribution in [0.2, 0.25) is 0 Å². The van der Waals surface area contributed by atoms with Crippen molar-refractivity contribution in [3.63, 3.8) is 0 Å². The molecule has 0 saturated carbocycles. The van der Waals surface area contributed by atoms with Gasteiger partial charge in [-0.1, -0.05) is 23.8 Å². The molecule has 0 bridgehead atoms. The van der Waals surface area contributed by atoms with E-state index in [1.807, 2.05) is 13.8 Å². The number of rotatable bonds is 3. The van der Waals surface area contributed by atoms with E-state index >= 15 is 0 Å². The Balaban J connectivity index is 3.56. The van der Waals surface area contributed by atoms with Crippen LogP contribution in [-0.2, 0) is 0 Å². The van der Waals surface area contributed by atoms with Crippen LogP contribution in [0.3, 0.4) is 0 Å². The van der Waals surface area contributed by atoms with Gasteiger partial charge in [-0.15, -0.1) is 0 Å². The van der Waals surface area contributed by atoms with Crippen molar-refractivity contribution >= 4 is 0 Å². The van der Waals surface area contributed by atoms with E-state index < -0.39 is 0 Å². The quantitative estimate of drug-likeness (QED) is 0.572. The smallest absolute Gasteiger partial charge is 0.0134 e. The SMILES string of the molecule is C=C(C)C/C=C(/C)CN. The first kappa shape index (κ1) is 8.44. The molecule has 0 aromatic heterocycles. The molecule has 0 spiro atoms. The van der Waals surface area contributed by atoms with E-state index in [2.05, 4.69) is 12.7 Å². The Bertz CT molecular complexity index is 123. The maximum atomic E-state index is 5.36. The van der Waals surface area contributed by atoms with Crippen molar-refractivity contribution in [3.05, 3.63) is 23.8 Å². The maximum Gasteiger partial charge on any atom is 0.0134 e. The molecule has 0 rings (SSSR count). The molecule has 0 atom stereocenters. The summed E-state index contributed by atoms with van der Waals surface area (Å²) in [5, 5.41) is 0. The highest BCUT2D eigenvalue weighted by atomic mass is 14.5. The summed E-state index contributed by atoms with van der Waals surface area (Å²) in [6, 6.07) is 0. The first-order valence-electron chi connectivity index (χ1n) is 3.17. The fraction of sp³-hybridized carbons (Fsp3) is 0.500. The summed E-state index contributed by atoms with van der Waals surface area (Å²) < 4.78 is 0. The minimum Gasteiger partial charge on any atom is -0.327 e. The van der Waals surface area contributed by atoms with Gasteiger partial charge in [-0.05, 0) is 20.3 Å². The lowest BCUT2D eigenvalue weighted by Crippen LogP contribution is -1.99. The zero-order chi connectivity index (χ0) is 7.28. The molecular formula is C8H15N. The highest BCUT2D eigenvalue weighted by molar-refractivity contribution is 5.06. The summed E-state index contributed by atoms with van der Waals surface area (Å²) in [5.41, 5.74) is 7.78. The second-order valence-electron chi connectivity index (χ2n) is 2.42. The van der Waals surface area contributed by atoms with Crippen molar-refractivity contribution in [1.29, 1.82) is 0 Å². The van der Waals surface area contributed by atoms with E-state index in [0.717, 1.165) is 6.42 Å². The second kappa shape index (κ2) is 4.33. The predicted molar refractivity (Wildman–Crippen MR) is 42.2 cm³/mol. The molecule has 0 unspecified atom stereocenters. The molecule has 0 aliphatic heterocycles. The van der Waals surface area contributed by atoms with Gasteiger partial charge in [0.2, 0.25) is 0 Å². The normalized spacial score (nSPS) is 11.7. The Morgan fingerprint density at radius 3 is 2.44 bits per heavy atom. The summed E-state index contributed by atoms with van der Waals surface area (Å²) in [6.45, 7) is 8.48. The van der Waals surface area contributed by atoms with E-state index in [1.165, 1.54) is 11.1 Å². The van der Waals surface area contributed by atoms with Crippen LogP contribution in [0.1, 0.15) is 20.3 Å². The number of hydrogen-bond acceptors (Lipinski definition) is 1. The van der Waals surface area contributed by atoms with Gasteiger partial charge in [0.15, 0.2) is 0 Å². The van der Waals surface area contributed by atoms with Crippen LogP contribution in [0.4, 0.5) is 0 Å². The lowest BCUT2D eigenvalue weighted by molar-refractivity contribution is 1.09. The van der Waals surface area contributed by atoms with Crippen molar-refractivity contribution in [1.82, 2.24) is 0 Å². The minimum atomic E-state index is 0.660. The molecule has 0 amide bonds. The maximum absolute atomic E-state index is 5.36. The average Bonchev–Trinajstić information content (AvgIpc) is 1.83. The van der Waals surface area contributed by atoms with Crippen molar-refractivity contribution in [2.45, 2.75) is 20.3 Å². The van der Waals surface area contributed by atoms with Crippen LogP contribution in [0.15, 0.2) is 23.8 Å². The topological polar surface area (TPSA) is 26.0 Å². The van der Waals surface area contributed by atoms with Crippen LogP contribution in [0.5, 0.6) is 0 Å². The zero-order valence-electron chi connectivity index (χ0n) is 6.28. The van der Waals surface area contributed by atoms with Crippen molar-refractivity contribution < 1.29 is 0 Å². The fourth-order valence-electron chi connectivity index (χ4n) is 0.432. The molecule has 0 aromatic rings. The summed E-state index contributed by atoms with van der Waals surface area (Å²) in [5.74, 6) is 0. The molecular weight excluding hydrogens is 110 g/mol. The third-order valence-electron chi connectivity index (χ3n) is 1.12. The zero-order valence-corrected chi connectivity index (χ0v) is 6.28. The van der Waals surface area contributed by atoms with E-state index in [0.29, 0.717) is 6.54 Å². The van der Waals surface area contributed by atoms with Crippen LogP contribution in [-0.4, -0.2) is 6.54 Å².